The lowest BCUT2D eigenvalue weighted by molar-refractivity contribution is 0.119. The van der Waals surface area contributed by atoms with Crippen LogP contribution >= 0.6 is 0 Å². The molecule has 0 amide bonds. The summed E-state index contributed by atoms with van der Waals surface area (Å²) < 4.78 is 5.18. The summed E-state index contributed by atoms with van der Waals surface area (Å²) >= 11 is 0. The van der Waals surface area contributed by atoms with Gasteiger partial charge in [0.2, 0.25) is 0 Å². The molecule has 0 bridgehead atoms. The molecule has 7 nitrogen and oxygen atoms in total. The maximum atomic E-state index is 5.18. The largest absolute Gasteiger partial charge is 0.383 e. The van der Waals surface area contributed by atoms with Gasteiger partial charge in [0.25, 0.3) is 0 Å². The summed E-state index contributed by atoms with van der Waals surface area (Å²) in [7, 11) is 6.18. The highest BCUT2D eigenvalue weighted by molar-refractivity contribution is 5.80. The van der Waals surface area contributed by atoms with Gasteiger partial charge in [-0.25, -0.2) is 0 Å². The Bertz CT molecular complexity index is 397. The van der Waals surface area contributed by atoms with Gasteiger partial charge in [-0.3, -0.25) is 9.89 Å². The van der Waals surface area contributed by atoms with Crippen molar-refractivity contribution in [2.24, 2.45) is 4.99 Å². The van der Waals surface area contributed by atoms with E-state index in [-0.39, 0.29) is 0 Å². The Morgan fingerprint density at radius 3 is 2.60 bits per heavy atom. The molecule has 0 aromatic rings. The van der Waals surface area contributed by atoms with E-state index < -0.39 is 0 Å². The lowest BCUT2D eigenvalue weighted by atomic mass is 10.1. The van der Waals surface area contributed by atoms with E-state index in [1.165, 1.54) is 12.8 Å². The van der Waals surface area contributed by atoms with Gasteiger partial charge in [-0.1, -0.05) is 0 Å². The van der Waals surface area contributed by atoms with E-state index in [1.807, 2.05) is 0 Å². The van der Waals surface area contributed by atoms with Gasteiger partial charge in [0.1, 0.15) is 0 Å². The molecule has 2 fully saturated rings. The third-order valence-corrected chi connectivity index (χ3v) is 5.32. The van der Waals surface area contributed by atoms with Crippen molar-refractivity contribution < 1.29 is 4.74 Å². The van der Waals surface area contributed by atoms with Crippen molar-refractivity contribution in [3.8, 4) is 0 Å². The van der Waals surface area contributed by atoms with Gasteiger partial charge in [0.05, 0.1) is 13.2 Å². The van der Waals surface area contributed by atoms with Crippen LogP contribution in [0.5, 0.6) is 0 Å². The summed E-state index contributed by atoms with van der Waals surface area (Å²) in [6.45, 7) is 11.4. The molecule has 0 spiro atoms. The first-order chi connectivity index (χ1) is 12.1. The summed E-state index contributed by atoms with van der Waals surface area (Å²) in [5.74, 6) is 0.972. The molecule has 2 heterocycles. The molecular formula is C18H38N6O. The third-order valence-electron chi connectivity index (χ3n) is 5.32. The van der Waals surface area contributed by atoms with Crippen molar-refractivity contribution in [1.82, 2.24) is 25.3 Å². The Balaban J connectivity index is 1.79. The molecule has 1 unspecified atom stereocenters. The average Bonchev–Trinajstić information content (AvgIpc) is 2.62. The number of nitrogens with one attached hydrogen (secondary N) is 2. The number of guanidine groups is 1. The van der Waals surface area contributed by atoms with Gasteiger partial charge in [-0.05, 0) is 33.9 Å². The average molecular weight is 355 g/mol. The number of likely N-dealkylation sites (N-methyl/N-ethyl adjacent to an activating group) is 2. The van der Waals surface area contributed by atoms with Crippen molar-refractivity contribution in [3.63, 3.8) is 0 Å². The fraction of sp³-hybridized carbons (Fsp3) is 0.944. The zero-order chi connectivity index (χ0) is 18.1. The molecule has 2 aliphatic heterocycles. The Hall–Kier alpha value is -0.890. The normalized spacial score (nSPS) is 25.3. The Labute approximate surface area is 153 Å². The number of rotatable bonds is 7. The summed E-state index contributed by atoms with van der Waals surface area (Å²) in [4.78, 5) is 12.2. The monoisotopic (exact) mass is 354 g/mol. The molecule has 0 saturated carbocycles. The molecule has 2 N–H and O–H groups in total. The number of hydrogen-bond donors (Lipinski definition) is 2. The fourth-order valence-corrected chi connectivity index (χ4v) is 3.53. The zero-order valence-corrected chi connectivity index (χ0v) is 16.6. The van der Waals surface area contributed by atoms with Crippen molar-refractivity contribution >= 4 is 5.96 Å². The van der Waals surface area contributed by atoms with Crippen molar-refractivity contribution in [2.45, 2.75) is 31.8 Å². The minimum absolute atomic E-state index is 0.505. The summed E-state index contributed by atoms with van der Waals surface area (Å²) in [6.07, 6.45) is 2.33. The van der Waals surface area contributed by atoms with Crippen LogP contribution in [-0.4, -0.2) is 113 Å². The van der Waals surface area contributed by atoms with E-state index >= 15 is 0 Å². The van der Waals surface area contributed by atoms with Crippen molar-refractivity contribution in [3.05, 3.63) is 0 Å². The molecule has 2 aliphatic rings. The van der Waals surface area contributed by atoms with Gasteiger partial charge in [0, 0.05) is 65.0 Å². The van der Waals surface area contributed by atoms with Crippen molar-refractivity contribution in [2.75, 3.05) is 80.2 Å². The van der Waals surface area contributed by atoms with Crippen molar-refractivity contribution in [1.29, 1.82) is 0 Å². The zero-order valence-electron chi connectivity index (χ0n) is 16.6. The van der Waals surface area contributed by atoms with Crippen LogP contribution in [0.3, 0.4) is 0 Å². The standard InChI is InChI=1S/C18H38N6O/c1-5-19-18(20-14-17-15-22(2)10-11-23(17)3)21-16-6-8-24(9-7-16)12-13-25-4/h16-17H,5-15H2,1-4H3,(H2,19,20,21). The lowest BCUT2D eigenvalue weighted by Crippen LogP contribution is -2.52. The molecule has 7 heteroatoms. The maximum absolute atomic E-state index is 5.18. The van der Waals surface area contributed by atoms with E-state index in [0.717, 1.165) is 64.9 Å². The smallest absolute Gasteiger partial charge is 0.191 e. The first kappa shape index (κ1) is 20.4. The van der Waals surface area contributed by atoms with Crippen LogP contribution in [0.1, 0.15) is 19.8 Å². The Morgan fingerprint density at radius 2 is 1.92 bits per heavy atom. The molecule has 25 heavy (non-hydrogen) atoms. The lowest BCUT2D eigenvalue weighted by Gasteiger charge is -2.37. The van der Waals surface area contributed by atoms with Crippen LogP contribution in [0.4, 0.5) is 0 Å². The van der Waals surface area contributed by atoms with Gasteiger partial charge in [-0.15, -0.1) is 0 Å². The second-order valence-electron chi connectivity index (χ2n) is 7.37. The van der Waals surface area contributed by atoms with Gasteiger partial charge >= 0.3 is 0 Å². The number of piperidine rings is 1. The summed E-state index contributed by atoms with van der Waals surface area (Å²) in [6, 6.07) is 1.02. The van der Waals surface area contributed by atoms with E-state index in [9.17, 15) is 0 Å². The molecule has 1 atom stereocenters. The number of piperazine rings is 1. The molecule has 0 radical (unpaired) electrons. The van der Waals surface area contributed by atoms with E-state index in [2.05, 4.69) is 46.4 Å². The van der Waals surface area contributed by atoms with Crippen LogP contribution in [0.15, 0.2) is 4.99 Å². The molecule has 146 valence electrons. The molecule has 2 rings (SSSR count). The second kappa shape index (κ2) is 11.0. The second-order valence-corrected chi connectivity index (χ2v) is 7.37. The first-order valence-corrected chi connectivity index (χ1v) is 9.77. The maximum Gasteiger partial charge on any atom is 0.191 e. The van der Waals surface area contributed by atoms with Crippen LogP contribution < -0.4 is 10.6 Å². The van der Waals surface area contributed by atoms with Crippen LogP contribution in [-0.2, 0) is 4.74 Å². The number of hydrogen-bond acceptors (Lipinski definition) is 5. The number of likely N-dealkylation sites (tertiary alicyclic amines) is 1. The highest BCUT2D eigenvalue weighted by atomic mass is 16.5. The highest BCUT2D eigenvalue weighted by Crippen LogP contribution is 2.10. The predicted molar refractivity (Wildman–Crippen MR) is 104 cm³/mol. The third kappa shape index (κ3) is 7.09. The molecule has 0 aliphatic carbocycles. The number of nitrogens with zero attached hydrogens (tertiary/aromatic N) is 4. The number of methoxy groups -OCH3 is 1. The van der Waals surface area contributed by atoms with Crippen LogP contribution in [0.25, 0.3) is 0 Å². The SMILES string of the molecule is CCNC(=NCC1CN(C)CCN1C)NC1CCN(CCOC)CC1. The summed E-state index contributed by atoms with van der Waals surface area (Å²) in [5, 5.41) is 7.06. The first-order valence-electron chi connectivity index (χ1n) is 9.77. The van der Waals surface area contributed by atoms with Gasteiger partial charge in [-0.2, -0.15) is 0 Å². The van der Waals surface area contributed by atoms with E-state index in [1.54, 1.807) is 7.11 Å². The minimum Gasteiger partial charge on any atom is -0.383 e. The predicted octanol–water partition coefficient (Wildman–Crippen LogP) is -0.102. The highest BCUT2D eigenvalue weighted by Gasteiger charge is 2.23. The molecule has 2 saturated heterocycles. The molecular weight excluding hydrogens is 316 g/mol. The van der Waals surface area contributed by atoms with Gasteiger partial charge < -0.3 is 25.2 Å². The van der Waals surface area contributed by atoms with Crippen LogP contribution in [0, 0.1) is 0 Å². The Morgan fingerprint density at radius 1 is 1.16 bits per heavy atom. The number of ether oxygens (including phenoxy) is 1. The quantitative estimate of drug-likeness (QED) is 0.492. The van der Waals surface area contributed by atoms with Crippen LogP contribution in [0.2, 0.25) is 0 Å². The number of aliphatic imine (C=N–C) groups is 1. The Kier molecular flexibility index (Phi) is 8.95. The summed E-state index contributed by atoms with van der Waals surface area (Å²) in [5.41, 5.74) is 0. The molecule has 0 aromatic carbocycles. The minimum atomic E-state index is 0.505. The van der Waals surface area contributed by atoms with E-state index in [4.69, 9.17) is 9.73 Å². The van der Waals surface area contributed by atoms with E-state index in [0.29, 0.717) is 12.1 Å². The fourth-order valence-electron chi connectivity index (χ4n) is 3.53. The topological polar surface area (TPSA) is 55.4 Å². The van der Waals surface area contributed by atoms with Gasteiger partial charge in [0.15, 0.2) is 5.96 Å². The molecule has 0 aromatic heterocycles.